The Balaban J connectivity index is 1.73. The predicted octanol–water partition coefficient (Wildman–Crippen LogP) is 4.55. The van der Waals surface area contributed by atoms with Gasteiger partial charge in [-0.05, 0) is 47.1 Å². The van der Waals surface area contributed by atoms with Crippen LogP contribution in [-0.4, -0.2) is 27.6 Å². The van der Waals surface area contributed by atoms with Crippen molar-refractivity contribution in [3.8, 4) is 0 Å². The van der Waals surface area contributed by atoms with Gasteiger partial charge in [0.15, 0.2) is 0 Å². The minimum Gasteiger partial charge on any atom is -0.438 e. The number of nitrogens with zero attached hydrogens (tertiary/aromatic N) is 2. The van der Waals surface area contributed by atoms with Crippen LogP contribution in [0.25, 0.3) is 0 Å². The summed E-state index contributed by atoms with van der Waals surface area (Å²) < 4.78 is 6.61. The molecule has 0 aliphatic rings. The summed E-state index contributed by atoms with van der Waals surface area (Å²) in [5.41, 5.74) is 2.24. The van der Waals surface area contributed by atoms with E-state index in [1.807, 2.05) is 24.4 Å². The van der Waals surface area contributed by atoms with E-state index in [1.54, 1.807) is 0 Å². The average molecular weight is 451 g/mol. The molecule has 166 valence electrons. The highest BCUT2D eigenvalue weighted by molar-refractivity contribution is 7.07. The van der Waals surface area contributed by atoms with E-state index >= 15 is 0 Å². The molecule has 0 saturated carbocycles. The van der Waals surface area contributed by atoms with Crippen LogP contribution in [0.2, 0.25) is 0 Å². The minimum atomic E-state index is -2.82. The van der Waals surface area contributed by atoms with Crippen molar-refractivity contribution < 1.29 is 4.53 Å². The molecule has 0 heterocycles. The second-order valence-corrected chi connectivity index (χ2v) is 11.1. The maximum atomic E-state index is 6.61. The number of oxime groups is 1. The van der Waals surface area contributed by atoms with E-state index in [0.29, 0.717) is 0 Å². The Morgan fingerprint density at radius 1 is 0.636 bits per heavy atom. The molecule has 0 aliphatic carbocycles. The van der Waals surface area contributed by atoms with E-state index in [4.69, 9.17) is 4.53 Å². The Hall–Kier alpha value is -3.63. The molecule has 0 spiro atoms. The van der Waals surface area contributed by atoms with Gasteiger partial charge in [-0.2, -0.15) is 0 Å². The molecule has 4 aromatic carbocycles. The molecule has 0 atom stereocenters. The minimum absolute atomic E-state index is 0.992. The van der Waals surface area contributed by atoms with Gasteiger partial charge in [-0.25, -0.2) is 0 Å². The van der Waals surface area contributed by atoms with Gasteiger partial charge < -0.3 is 9.43 Å². The van der Waals surface area contributed by atoms with E-state index in [-0.39, 0.29) is 0 Å². The van der Waals surface area contributed by atoms with Crippen LogP contribution in [0.3, 0.4) is 0 Å². The summed E-state index contributed by atoms with van der Waals surface area (Å²) in [5, 5.41) is 8.07. The van der Waals surface area contributed by atoms with Gasteiger partial charge in [0.05, 0.1) is 6.21 Å². The first kappa shape index (κ1) is 22.6. The van der Waals surface area contributed by atoms with Crippen LogP contribution in [0.5, 0.6) is 0 Å². The Bertz CT molecular complexity index is 1050. The maximum absolute atomic E-state index is 6.61. The van der Waals surface area contributed by atoms with Crippen molar-refractivity contribution in [3.63, 3.8) is 0 Å². The van der Waals surface area contributed by atoms with Crippen LogP contribution in [0.4, 0.5) is 5.69 Å². The zero-order valence-corrected chi connectivity index (χ0v) is 20.3. The third kappa shape index (κ3) is 4.91. The smallest absolute Gasteiger partial charge is 0.380 e. The van der Waals surface area contributed by atoms with Gasteiger partial charge in [0.25, 0.3) is 0 Å². The van der Waals surface area contributed by atoms with Gasteiger partial charge in [0, 0.05) is 18.8 Å². The van der Waals surface area contributed by atoms with Crippen LogP contribution < -0.4 is 20.5 Å². The molecule has 4 rings (SSSR count). The van der Waals surface area contributed by atoms with E-state index in [9.17, 15) is 0 Å². The van der Waals surface area contributed by atoms with E-state index < -0.39 is 8.32 Å². The molecule has 0 fully saturated rings. The highest BCUT2D eigenvalue weighted by Gasteiger charge is 2.44. The lowest BCUT2D eigenvalue weighted by atomic mass is 10.2. The predicted molar refractivity (Wildman–Crippen MR) is 143 cm³/mol. The zero-order valence-electron chi connectivity index (χ0n) is 19.3. The van der Waals surface area contributed by atoms with Gasteiger partial charge in [-0.15, -0.1) is 5.16 Å². The molecule has 0 saturated heterocycles. The summed E-state index contributed by atoms with van der Waals surface area (Å²) in [4.78, 5) is 2.33. The lowest BCUT2D eigenvalue weighted by Crippen LogP contribution is -2.68. The molecule has 0 unspecified atom stereocenters. The van der Waals surface area contributed by atoms with Crippen molar-refractivity contribution in [2.24, 2.45) is 5.16 Å². The average Bonchev–Trinajstić information content (AvgIpc) is 2.90. The second kappa shape index (κ2) is 10.8. The van der Waals surface area contributed by atoms with Crippen LogP contribution in [0, 0.1) is 0 Å². The van der Waals surface area contributed by atoms with Crippen molar-refractivity contribution in [2.45, 2.75) is 13.8 Å². The molecule has 0 amide bonds. The third-order valence-corrected chi connectivity index (χ3v) is 9.77. The number of hydrogen-bond donors (Lipinski definition) is 0. The van der Waals surface area contributed by atoms with Crippen LogP contribution in [0.1, 0.15) is 19.4 Å². The molecule has 4 heteroatoms. The highest BCUT2D eigenvalue weighted by atomic mass is 28.4. The summed E-state index contributed by atoms with van der Waals surface area (Å²) in [6.45, 7) is 6.33. The molecule has 33 heavy (non-hydrogen) atoms. The molecule has 0 N–H and O–H groups in total. The molecule has 0 aromatic heterocycles. The molecule has 0 bridgehead atoms. The van der Waals surface area contributed by atoms with Crippen molar-refractivity contribution in [1.82, 2.24) is 0 Å². The molecular weight excluding hydrogens is 420 g/mol. The topological polar surface area (TPSA) is 24.8 Å². The maximum Gasteiger partial charge on any atom is 0.380 e. The second-order valence-electron chi connectivity index (χ2n) is 7.87. The van der Waals surface area contributed by atoms with Gasteiger partial charge in [0.2, 0.25) is 0 Å². The Labute approximate surface area is 198 Å². The SMILES string of the molecule is CCN(CC)c1ccc(/C=N/O[Si](c2ccccc2)(c2ccccc2)c2ccccc2)cc1. The lowest BCUT2D eigenvalue weighted by Gasteiger charge is -2.30. The van der Waals surface area contributed by atoms with Gasteiger partial charge >= 0.3 is 8.32 Å². The Morgan fingerprint density at radius 3 is 1.45 bits per heavy atom. The van der Waals surface area contributed by atoms with Gasteiger partial charge in [-0.1, -0.05) is 103 Å². The fourth-order valence-corrected chi connectivity index (χ4v) is 7.72. The normalized spacial score (nSPS) is 11.5. The summed E-state index contributed by atoms with van der Waals surface area (Å²) in [6.07, 6.45) is 1.82. The number of benzene rings is 4. The number of anilines is 1. The fraction of sp³-hybridized carbons (Fsp3) is 0.138. The van der Waals surface area contributed by atoms with Crippen molar-refractivity contribution in [2.75, 3.05) is 18.0 Å². The largest absolute Gasteiger partial charge is 0.438 e. The Kier molecular flexibility index (Phi) is 7.38. The number of hydrogen-bond acceptors (Lipinski definition) is 3. The summed E-state index contributed by atoms with van der Waals surface area (Å²) >= 11 is 0. The molecule has 0 aliphatic heterocycles. The van der Waals surface area contributed by atoms with Crippen molar-refractivity contribution in [3.05, 3.63) is 121 Å². The highest BCUT2D eigenvalue weighted by Crippen LogP contribution is 2.15. The molecule has 3 nitrogen and oxygen atoms in total. The monoisotopic (exact) mass is 450 g/mol. The lowest BCUT2D eigenvalue weighted by molar-refractivity contribution is 0.351. The van der Waals surface area contributed by atoms with Crippen LogP contribution in [0.15, 0.2) is 120 Å². The molecular formula is C29H30N2OSi. The zero-order chi connectivity index (χ0) is 22.9. The first-order chi connectivity index (χ1) is 16.3. The first-order valence-electron chi connectivity index (χ1n) is 11.5. The third-order valence-electron chi connectivity index (χ3n) is 5.95. The first-order valence-corrected chi connectivity index (χ1v) is 13.4. The van der Waals surface area contributed by atoms with E-state index in [1.165, 1.54) is 5.69 Å². The quantitative estimate of drug-likeness (QED) is 0.162. The summed E-state index contributed by atoms with van der Waals surface area (Å²) in [7, 11) is -2.82. The van der Waals surface area contributed by atoms with Crippen molar-refractivity contribution >= 4 is 35.8 Å². The molecule has 0 radical (unpaired) electrons. The molecule has 4 aromatic rings. The Morgan fingerprint density at radius 2 is 1.06 bits per heavy atom. The fourth-order valence-electron chi connectivity index (χ4n) is 4.20. The van der Waals surface area contributed by atoms with Gasteiger partial charge in [0.1, 0.15) is 0 Å². The van der Waals surface area contributed by atoms with E-state index in [2.05, 4.69) is 121 Å². The van der Waals surface area contributed by atoms with Crippen LogP contribution >= 0.6 is 0 Å². The van der Waals surface area contributed by atoms with Crippen LogP contribution in [-0.2, 0) is 4.53 Å². The summed E-state index contributed by atoms with van der Waals surface area (Å²) in [6, 6.07) is 39.9. The summed E-state index contributed by atoms with van der Waals surface area (Å²) in [5.74, 6) is 0. The van der Waals surface area contributed by atoms with Crippen molar-refractivity contribution in [1.29, 1.82) is 0 Å². The standard InChI is InChI=1S/C29H30N2OSi/c1-3-31(4-2)26-22-20-25(21-23-26)24-30-32-33(27-14-8-5-9-15-27,28-16-10-6-11-17-28)29-18-12-7-13-19-29/h5-24H,3-4H2,1-2H3/b30-24+. The number of rotatable bonds is 9. The van der Waals surface area contributed by atoms with E-state index in [0.717, 1.165) is 34.2 Å². The van der Waals surface area contributed by atoms with Gasteiger partial charge in [-0.3, -0.25) is 0 Å².